The van der Waals surface area contributed by atoms with Gasteiger partial charge in [-0.15, -0.1) is 0 Å². The Labute approximate surface area is 175 Å². The maximum atomic E-state index is 13.1. The van der Waals surface area contributed by atoms with Gasteiger partial charge < -0.3 is 10.2 Å². The van der Waals surface area contributed by atoms with Crippen molar-refractivity contribution in [2.45, 2.75) is 89.6 Å². The molecule has 2 heterocycles. The number of rotatable bonds is 6. The lowest BCUT2D eigenvalue weighted by Gasteiger charge is -2.39. The Morgan fingerprint density at radius 2 is 1.55 bits per heavy atom. The molecule has 0 aromatic heterocycles. The zero-order chi connectivity index (χ0) is 20.9. The second-order valence-electron chi connectivity index (χ2n) is 8.88. The summed E-state index contributed by atoms with van der Waals surface area (Å²) in [6.45, 7) is 3.48. The lowest BCUT2D eigenvalue weighted by molar-refractivity contribution is -0.137. The van der Waals surface area contributed by atoms with Gasteiger partial charge in [0.15, 0.2) is 0 Å². The van der Waals surface area contributed by atoms with Crippen LogP contribution in [0.1, 0.15) is 77.6 Å². The van der Waals surface area contributed by atoms with Crippen LogP contribution >= 0.6 is 0 Å². The van der Waals surface area contributed by atoms with Crippen LogP contribution in [0.3, 0.4) is 0 Å². The maximum absolute atomic E-state index is 13.1. The van der Waals surface area contributed by atoms with Gasteiger partial charge in [0.1, 0.15) is 6.04 Å². The molecule has 0 aromatic carbocycles. The average Bonchev–Trinajstić information content (AvgIpc) is 2.74. The summed E-state index contributed by atoms with van der Waals surface area (Å²) < 4.78 is 26.7. The van der Waals surface area contributed by atoms with E-state index in [1.807, 2.05) is 11.8 Å². The first-order valence-electron chi connectivity index (χ1n) is 11.5. The molecule has 3 rings (SSSR count). The van der Waals surface area contributed by atoms with Crippen molar-refractivity contribution < 1.29 is 18.0 Å². The molecule has 1 aliphatic carbocycles. The molecule has 7 nitrogen and oxygen atoms in total. The third-order valence-corrected chi connectivity index (χ3v) is 8.76. The predicted octanol–water partition coefficient (Wildman–Crippen LogP) is 2.27. The van der Waals surface area contributed by atoms with Gasteiger partial charge in [0.05, 0.1) is 5.75 Å². The van der Waals surface area contributed by atoms with Crippen LogP contribution < -0.4 is 5.32 Å². The molecule has 2 aliphatic heterocycles. The summed E-state index contributed by atoms with van der Waals surface area (Å²) in [5, 5.41) is 3.19. The molecule has 0 spiro atoms. The Bertz CT molecular complexity index is 667. The Balaban J connectivity index is 1.52. The van der Waals surface area contributed by atoms with E-state index in [2.05, 4.69) is 5.32 Å². The molecule has 0 bridgehead atoms. The fourth-order valence-electron chi connectivity index (χ4n) is 5.00. The highest BCUT2D eigenvalue weighted by Crippen LogP contribution is 2.26. The number of carbonyl (C=O) groups excluding carboxylic acids is 2. The number of piperidine rings is 2. The summed E-state index contributed by atoms with van der Waals surface area (Å²) in [5.74, 6) is 0.384. The van der Waals surface area contributed by atoms with E-state index in [0.29, 0.717) is 32.5 Å². The molecule has 1 saturated carbocycles. The lowest BCUT2D eigenvalue weighted by Crippen LogP contribution is -2.56. The standard InChI is InChI=1S/C21H37N3O4S/c1-2-16-29(27,28)24-13-7-6-10-19(24)21(26)23-14-11-18(12-15-23)22-20(25)17-8-4-3-5-9-17/h17-19H,2-16H2,1H3,(H,22,25). The molecule has 8 heteroatoms. The molecular formula is C21H37N3O4S. The minimum Gasteiger partial charge on any atom is -0.353 e. The van der Waals surface area contributed by atoms with Crippen LogP contribution in [0.15, 0.2) is 0 Å². The van der Waals surface area contributed by atoms with Gasteiger partial charge in [0.25, 0.3) is 0 Å². The number of nitrogens with one attached hydrogen (secondary N) is 1. The largest absolute Gasteiger partial charge is 0.353 e. The Kier molecular flexibility index (Phi) is 7.96. The van der Waals surface area contributed by atoms with E-state index in [1.54, 1.807) is 0 Å². The Hall–Kier alpha value is -1.15. The van der Waals surface area contributed by atoms with Gasteiger partial charge in [-0.2, -0.15) is 4.31 Å². The van der Waals surface area contributed by atoms with Gasteiger partial charge in [-0.1, -0.05) is 32.6 Å². The van der Waals surface area contributed by atoms with E-state index >= 15 is 0 Å². The molecule has 3 aliphatic rings. The highest BCUT2D eigenvalue weighted by molar-refractivity contribution is 7.89. The molecule has 0 radical (unpaired) electrons. The number of amides is 2. The zero-order valence-corrected chi connectivity index (χ0v) is 18.6. The molecule has 0 aromatic rings. The monoisotopic (exact) mass is 427 g/mol. The van der Waals surface area contributed by atoms with Crippen LogP contribution in [-0.2, 0) is 19.6 Å². The lowest BCUT2D eigenvalue weighted by atomic mass is 9.88. The molecular weight excluding hydrogens is 390 g/mol. The summed E-state index contributed by atoms with van der Waals surface area (Å²) in [5.41, 5.74) is 0. The van der Waals surface area contributed by atoms with Crippen molar-refractivity contribution in [1.29, 1.82) is 0 Å². The summed E-state index contributed by atoms with van der Waals surface area (Å²) in [4.78, 5) is 27.4. The SMILES string of the molecule is CCCS(=O)(=O)N1CCCCC1C(=O)N1CCC(NC(=O)C2CCCCC2)CC1. The van der Waals surface area contributed by atoms with Crippen LogP contribution in [-0.4, -0.2) is 66.9 Å². The van der Waals surface area contributed by atoms with Crippen LogP contribution in [0, 0.1) is 5.92 Å². The Morgan fingerprint density at radius 1 is 0.897 bits per heavy atom. The minimum atomic E-state index is -3.38. The quantitative estimate of drug-likeness (QED) is 0.704. The first-order valence-corrected chi connectivity index (χ1v) is 13.1. The summed E-state index contributed by atoms with van der Waals surface area (Å²) in [6.07, 6.45) is 9.89. The number of nitrogens with zero attached hydrogens (tertiary/aromatic N) is 2. The normalized spacial score (nSPS) is 25.7. The zero-order valence-electron chi connectivity index (χ0n) is 17.8. The van der Waals surface area contributed by atoms with E-state index in [0.717, 1.165) is 51.4 Å². The molecule has 1 unspecified atom stereocenters. The van der Waals surface area contributed by atoms with Crippen molar-refractivity contribution in [2.24, 2.45) is 5.92 Å². The van der Waals surface area contributed by atoms with Gasteiger partial charge in [0, 0.05) is 31.6 Å². The van der Waals surface area contributed by atoms with Crippen LogP contribution in [0.5, 0.6) is 0 Å². The number of sulfonamides is 1. The molecule has 1 N–H and O–H groups in total. The van der Waals surface area contributed by atoms with E-state index < -0.39 is 16.1 Å². The van der Waals surface area contributed by atoms with Crippen LogP contribution in [0.2, 0.25) is 0 Å². The summed E-state index contributed by atoms with van der Waals surface area (Å²) in [6, 6.07) is -0.423. The smallest absolute Gasteiger partial charge is 0.241 e. The second kappa shape index (κ2) is 10.2. The van der Waals surface area contributed by atoms with Gasteiger partial charge in [-0.3, -0.25) is 9.59 Å². The number of likely N-dealkylation sites (tertiary alicyclic amines) is 1. The minimum absolute atomic E-state index is 0.0542. The highest BCUT2D eigenvalue weighted by atomic mass is 32.2. The molecule has 2 saturated heterocycles. The van der Waals surface area contributed by atoms with Crippen molar-refractivity contribution in [2.75, 3.05) is 25.4 Å². The number of hydrogen-bond acceptors (Lipinski definition) is 4. The van der Waals surface area contributed by atoms with E-state index in [1.165, 1.54) is 10.7 Å². The topological polar surface area (TPSA) is 86.8 Å². The third kappa shape index (κ3) is 5.72. The number of hydrogen-bond donors (Lipinski definition) is 1. The fourth-order valence-corrected chi connectivity index (χ4v) is 6.74. The van der Waals surface area contributed by atoms with Crippen molar-refractivity contribution in [3.8, 4) is 0 Å². The van der Waals surface area contributed by atoms with E-state index in [4.69, 9.17) is 0 Å². The molecule has 166 valence electrons. The fraction of sp³-hybridized carbons (Fsp3) is 0.905. The molecule has 2 amide bonds. The predicted molar refractivity (Wildman–Crippen MR) is 113 cm³/mol. The van der Waals surface area contributed by atoms with Crippen molar-refractivity contribution in [3.05, 3.63) is 0 Å². The molecule has 29 heavy (non-hydrogen) atoms. The summed E-state index contributed by atoms with van der Waals surface area (Å²) in [7, 11) is -3.38. The highest BCUT2D eigenvalue weighted by Gasteiger charge is 2.39. The van der Waals surface area contributed by atoms with Gasteiger partial charge in [-0.25, -0.2) is 8.42 Å². The van der Waals surface area contributed by atoms with Crippen molar-refractivity contribution >= 4 is 21.8 Å². The first-order chi connectivity index (χ1) is 13.9. The summed E-state index contributed by atoms with van der Waals surface area (Å²) >= 11 is 0. The van der Waals surface area contributed by atoms with E-state index in [9.17, 15) is 18.0 Å². The second-order valence-corrected chi connectivity index (χ2v) is 10.9. The third-order valence-electron chi connectivity index (χ3n) is 6.69. The van der Waals surface area contributed by atoms with Gasteiger partial charge in [-0.05, 0) is 44.9 Å². The maximum Gasteiger partial charge on any atom is 0.241 e. The van der Waals surface area contributed by atoms with E-state index in [-0.39, 0.29) is 29.5 Å². The molecule has 3 fully saturated rings. The van der Waals surface area contributed by atoms with Gasteiger partial charge in [0.2, 0.25) is 21.8 Å². The average molecular weight is 428 g/mol. The first kappa shape index (κ1) is 22.5. The van der Waals surface area contributed by atoms with Crippen LogP contribution in [0.4, 0.5) is 0 Å². The van der Waals surface area contributed by atoms with Crippen molar-refractivity contribution in [1.82, 2.24) is 14.5 Å². The molecule has 1 atom stereocenters. The van der Waals surface area contributed by atoms with Crippen LogP contribution in [0.25, 0.3) is 0 Å². The van der Waals surface area contributed by atoms with Crippen molar-refractivity contribution in [3.63, 3.8) is 0 Å². The Morgan fingerprint density at radius 3 is 2.21 bits per heavy atom. The van der Waals surface area contributed by atoms with Gasteiger partial charge >= 0.3 is 0 Å². The number of carbonyl (C=O) groups is 2.